The summed E-state index contributed by atoms with van der Waals surface area (Å²) < 4.78 is 1.65. The summed E-state index contributed by atoms with van der Waals surface area (Å²) >= 11 is 5.81. The second-order valence-corrected chi connectivity index (χ2v) is 4.60. The van der Waals surface area contributed by atoms with Crippen molar-refractivity contribution in [3.05, 3.63) is 41.2 Å². The number of aryl methyl sites for hydroxylation is 1. The van der Waals surface area contributed by atoms with Gasteiger partial charge >= 0.3 is 12.0 Å². The number of nitrogens with one attached hydrogen (secondary N) is 2. The van der Waals surface area contributed by atoms with Gasteiger partial charge in [-0.25, -0.2) is 9.59 Å². The molecule has 0 spiro atoms. The van der Waals surface area contributed by atoms with E-state index in [4.69, 9.17) is 16.7 Å². The summed E-state index contributed by atoms with van der Waals surface area (Å²) in [6.45, 7) is 2.60. The number of urea groups is 1. The number of carboxylic acids is 1. The number of anilines is 2. The standard InChI is InChI=1S/C13H13ClN4O3/c1-2-18-7-9(6-15-18)16-13(21)17-11-5-8(14)3-4-10(11)12(19)20/h3-7H,2H2,1H3,(H,19,20)(H2,16,17,21). The molecule has 1 aromatic heterocycles. The normalized spacial score (nSPS) is 10.2. The van der Waals surface area contributed by atoms with Crippen LogP contribution in [-0.4, -0.2) is 26.9 Å². The largest absolute Gasteiger partial charge is 0.478 e. The van der Waals surface area contributed by atoms with Gasteiger partial charge in [-0.1, -0.05) is 11.6 Å². The van der Waals surface area contributed by atoms with Crippen LogP contribution in [0.5, 0.6) is 0 Å². The van der Waals surface area contributed by atoms with Crippen molar-refractivity contribution in [2.45, 2.75) is 13.5 Å². The molecule has 0 atom stereocenters. The Morgan fingerprint density at radius 2 is 2.14 bits per heavy atom. The number of carboxylic acid groups (broad SMARTS) is 1. The van der Waals surface area contributed by atoms with E-state index in [1.54, 1.807) is 10.9 Å². The van der Waals surface area contributed by atoms with Gasteiger partial charge in [0.1, 0.15) is 0 Å². The van der Waals surface area contributed by atoms with Crippen LogP contribution in [0.25, 0.3) is 0 Å². The molecule has 0 fully saturated rings. The van der Waals surface area contributed by atoms with Crippen LogP contribution in [0, 0.1) is 0 Å². The van der Waals surface area contributed by atoms with Crippen LogP contribution in [0.15, 0.2) is 30.6 Å². The fraction of sp³-hybridized carbons (Fsp3) is 0.154. The maximum atomic E-state index is 11.9. The molecule has 21 heavy (non-hydrogen) atoms. The maximum absolute atomic E-state index is 11.9. The van der Waals surface area contributed by atoms with Crippen LogP contribution < -0.4 is 10.6 Å². The number of hydrogen-bond donors (Lipinski definition) is 3. The molecule has 0 unspecified atom stereocenters. The summed E-state index contributed by atoms with van der Waals surface area (Å²) in [5, 5.41) is 18.4. The molecule has 0 saturated carbocycles. The van der Waals surface area contributed by atoms with Crippen LogP contribution >= 0.6 is 11.6 Å². The number of aromatic carboxylic acids is 1. The zero-order valence-corrected chi connectivity index (χ0v) is 11.9. The Morgan fingerprint density at radius 1 is 1.38 bits per heavy atom. The molecule has 2 rings (SSSR count). The summed E-state index contributed by atoms with van der Waals surface area (Å²) in [5.74, 6) is -1.15. The molecule has 0 bridgehead atoms. The number of rotatable bonds is 4. The Morgan fingerprint density at radius 3 is 2.76 bits per heavy atom. The first-order valence-electron chi connectivity index (χ1n) is 6.13. The minimum atomic E-state index is -1.15. The van der Waals surface area contributed by atoms with Crippen molar-refractivity contribution >= 4 is 35.0 Å². The molecule has 1 heterocycles. The van der Waals surface area contributed by atoms with Crippen molar-refractivity contribution in [1.82, 2.24) is 9.78 Å². The zero-order chi connectivity index (χ0) is 15.4. The summed E-state index contributed by atoms with van der Waals surface area (Å²) in [6.07, 6.45) is 3.16. The molecular formula is C13H13ClN4O3. The van der Waals surface area contributed by atoms with E-state index in [9.17, 15) is 9.59 Å². The Kier molecular flexibility index (Phi) is 4.44. The van der Waals surface area contributed by atoms with Gasteiger partial charge in [0.25, 0.3) is 0 Å². The monoisotopic (exact) mass is 308 g/mol. The summed E-state index contributed by atoms with van der Waals surface area (Å²) in [4.78, 5) is 23.0. The Bertz CT molecular complexity index is 684. The first-order chi connectivity index (χ1) is 9.99. The summed E-state index contributed by atoms with van der Waals surface area (Å²) in [6, 6.07) is 3.57. The summed E-state index contributed by atoms with van der Waals surface area (Å²) in [5.41, 5.74) is 0.586. The van der Waals surface area contributed by atoms with Crippen LogP contribution in [0.2, 0.25) is 5.02 Å². The SMILES string of the molecule is CCn1cc(NC(=O)Nc2cc(Cl)ccc2C(=O)O)cn1. The molecule has 2 amide bonds. The van der Waals surface area contributed by atoms with Crippen LogP contribution in [0.3, 0.4) is 0 Å². The van der Waals surface area contributed by atoms with Crippen molar-refractivity contribution in [3.8, 4) is 0 Å². The third-order valence-corrected chi connectivity index (χ3v) is 2.91. The molecule has 7 nitrogen and oxygen atoms in total. The van der Waals surface area contributed by atoms with E-state index in [0.29, 0.717) is 17.3 Å². The van der Waals surface area contributed by atoms with Gasteiger partial charge in [0.15, 0.2) is 0 Å². The number of halogens is 1. The highest BCUT2D eigenvalue weighted by molar-refractivity contribution is 6.31. The lowest BCUT2D eigenvalue weighted by Gasteiger charge is -2.09. The fourth-order valence-corrected chi connectivity index (χ4v) is 1.86. The van der Waals surface area contributed by atoms with Crippen LogP contribution in [0.4, 0.5) is 16.2 Å². The van der Waals surface area contributed by atoms with Crippen molar-refractivity contribution in [3.63, 3.8) is 0 Å². The molecule has 0 aliphatic carbocycles. The topological polar surface area (TPSA) is 96.2 Å². The van der Waals surface area contributed by atoms with Crippen LogP contribution in [0.1, 0.15) is 17.3 Å². The lowest BCUT2D eigenvalue weighted by Crippen LogP contribution is -2.20. The average Bonchev–Trinajstić information content (AvgIpc) is 2.85. The molecule has 3 N–H and O–H groups in total. The molecule has 1 aromatic carbocycles. The highest BCUT2D eigenvalue weighted by Crippen LogP contribution is 2.21. The Balaban J connectivity index is 2.12. The fourth-order valence-electron chi connectivity index (χ4n) is 1.69. The minimum absolute atomic E-state index is 0.0428. The quantitative estimate of drug-likeness (QED) is 0.809. The third kappa shape index (κ3) is 3.73. The van der Waals surface area contributed by atoms with Crippen LogP contribution in [-0.2, 0) is 6.54 Å². The average molecular weight is 309 g/mol. The van der Waals surface area contributed by atoms with Gasteiger partial charge in [-0.3, -0.25) is 4.68 Å². The second-order valence-electron chi connectivity index (χ2n) is 4.16. The number of amides is 2. The van der Waals surface area contributed by atoms with Gasteiger partial charge in [-0.2, -0.15) is 5.10 Å². The second kappa shape index (κ2) is 6.27. The number of nitrogens with zero attached hydrogens (tertiary/aromatic N) is 2. The molecule has 8 heteroatoms. The van der Waals surface area contributed by atoms with E-state index in [1.165, 1.54) is 24.4 Å². The molecule has 0 radical (unpaired) electrons. The van der Waals surface area contributed by atoms with Crippen molar-refractivity contribution < 1.29 is 14.7 Å². The van der Waals surface area contributed by atoms with Gasteiger partial charge in [-0.05, 0) is 25.1 Å². The van der Waals surface area contributed by atoms with E-state index < -0.39 is 12.0 Å². The number of aromatic nitrogens is 2. The molecule has 0 saturated heterocycles. The lowest BCUT2D eigenvalue weighted by atomic mass is 10.2. The molecule has 110 valence electrons. The van der Waals surface area contributed by atoms with Gasteiger partial charge in [0.2, 0.25) is 0 Å². The van der Waals surface area contributed by atoms with E-state index in [-0.39, 0.29) is 11.3 Å². The van der Waals surface area contributed by atoms with Gasteiger partial charge in [0.05, 0.1) is 23.1 Å². The number of benzene rings is 1. The smallest absolute Gasteiger partial charge is 0.337 e. The molecule has 0 aliphatic heterocycles. The first-order valence-corrected chi connectivity index (χ1v) is 6.50. The van der Waals surface area contributed by atoms with Crippen molar-refractivity contribution in [1.29, 1.82) is 0 Å². The number of carbonyl (C=O) groups is 2. The predicted molar refractivity (Wildman–Crippen MR) is 79.0 cm³/mol. The van der Waals surface area contributed by atoms with Crippen molar-refractivity contribution in [2.24, 2.45) is 0 Å². The predicted octanol–water partition coefficient (Wildman–Crippen LogP) is 2.90. The first kappa shape index (κ1) is 14.9. The van der Waals surface area contributed by atoms with E-state index >= 15 is 0 Å². The number of carbonyl (C=O) groups excluding carboxylic acids is 1. The third-order valence-electron chi connectivity index (χ3n) is 2.68. The van der Waals surface area contributed by atoms with E-state index in [1.807, 2.05) is 6.92 Å². The van der Waals surface area contributed by atoms with E-state index in [0.717, 1.165) is 0 Å². The lowest BCUT2D eigenvalue weighted by molar-refractivity contribution is 0.0698. The summed E-state index contributed by atoms with van der Waals surface area (Å²) in [7, 11) is 0. The number of hydrogen-bond acceptors (Lipinski definition) is 3. The Labute approximate surface area is 125 Å². The highest BCUT2D eigenvalue weighted by Gasteiger charge is 2.13. The van der Waals surface area contributed by atoms with E-state index in [2.05, 4.69) is 15.7 Å². The highest BCUT2D eigenvalue weighted by atomic mass is 35.5. The maximum Gasteiger partial charge on any atom is 0.337 e. The van der Waals surface area contributed by atoms with Crippen molar-refractivity contribution in [2.75, 3.05) is 10.6 Å². The van der Waals surface area contributed by atoms with Gasteiger partial charge in [0, 0.05) is 17.8 Å². The van der Waals surface area contributed by atoms with Gasteiger partial charge < -0.3 is 15.7 Å². The van der Waals surface area contributed by atoms with Gasteiger partial charge in [-0.15, -0.1) is 0 Å². The zero-order valence-electron chi connectivity index (χ0n) is 11.1. The molecule has 0 aliphatic rings. The molecular weight excluding hydrogens is 296 g/mol. The minimum Gasteiger partial charge on any atom is -0.478 e. The Hall–Kier alpha value is -2.54. The molecule has 2 aromatic rings.